The molecule has 7 nitrogen and oxygen atoms in total. The molecular formula is C20H20F3N4O3S+. The smallest absolute Gasteiger partial charge is 0.420 e. The zero-order chi connectivity index (χ0) is 22.4. The van der Waals surface area contributed by atoms with Crippen LogP contribution in [0, 0.1) is 0 Å². The molecule has 3 aromatic rings. The van der Waals surface area contributed by atoms with E-state index < -0.39 is 17.6 Å². The molecule has 0 bridgehead atoms. The number of anilines is 1. The largest absolute Gasteiger partial charge is 0.493 e. The summed E-state index contributed by atoms with van der Waals surface area (Å²) in [5.74, 6) is -0.795. The molecule has 1 amide bonds. The Hall–Kier alpha value is -3.21. The molecule has 0 aliphatic carbocycles. The third-order valence-electron chi connectivity index (χ3n) is 4.33. The molecule has 3 N–H and O–H groups in total. The third kappa shape index (κ3) is 5.91. The Bertz CT molecular complexity index is 1080. The van der Waals surface area contributed by atoms with Gasteiger partial charge < -0.3 is 10.1 Å². The fourth-order valence-corrected chi connectivity index (χ4v) is 2.99. The molecule has 164 valence electrons. The van der Waals surface area contributed by atoms with Crippen LogP contribution in [-0.4, -0.2) is 22.8 Å². The van der Waals surface area contributed by atoms with Crippen LogP contribution >= 0.6 is 12.2 Å². The third-order valence-corrected chi connectivity index (χ3v) is 4.54. The van der Waals surface area contributed by atoms with Gasteiger partial charge in [0.15, 0.2) is 10.3 Å². The number of unbranched alkanes of at least 4 members (excludes halogenated alkanes) is 2. The van der Waals surface area contributed by atoms with Gasteiger partial charge in [0.05, 0.1) is 12.2 Å². The Balaban J connectivity index is 1.67. The highest BCUT2D eigenvalue weighted by molar-refractivity contribution is 7.80. The number of aromatic nitrogens is 2. The van der Waals surface area contributed by atoms with Gasteiger partial charge in [-0.3, -0.25) is 10.1 Å². The van der Waals surface area contributed by atoms with Crippen LogP contribution in [-0.2, 0) is 6.18 Å². The summed E-state index contributed by atoms with van der Waals surface area (Å²) in [6, 6.07) is 8.15. The number of benzene rings is 2. The number of halogens is 3. The molecule has 0 unspecified atom stereocenters. The van der Waals surface area contributed by atoms with Crippen LogP contribution in [0.2, 0.25) is 0 Å². The van der Waals surface area contributed by atoms with E-state index in [1.807, 2.05) is 6.92 Å². The number of aromatic amines is 1. The monoisotopic (exact) mass is 453 g/mol. The molecule has 2 aromatic carbocycles. The number of H-pyrrole nitrogens is 1. The van der Waals surface area contributed by atoms with E-state index in [1.54, 1.807) is 6.07 Å². The van der Waals surface area contributed by atoms with Crippen LogP contribution in [0.1, 0.15) is 42.1 Å². The second-order valence-electron chi connectivity index (χ2n) is 6.69. The number of amides is 1. The molecule has 0 atom stereocenters. The average Bonchev–Trinajstić information content (AvgIpc) is 3.19. The van der Waals surface area contributed by atoms with Gasteiger partial charge in [-0.05, 0) is 49.0 Å². The van der Waals surface area contributed by atoms with Crippen LogP contribution in [0.15, 0.2) is 41.0 Å². The number of rotatable bonds is 7. The molecule has 0 aliphatic rings. The highest BCUT2D eigenvalue weighted by atomic mass is 32.1. The van der Waals surface area contributed by atoms with E-state index in [0.717, 1.165) is 18.9 Å². The van der Waals surface area contributed by atoms with Crippen molar-refractivity contribution in [2.24, 2.45) is 0 Å². The van der Waals surface area contributed by atoms with Crippen LogP contribution in [0.5, 0.6) is 5.75 Å². The van der Waals surface area contributed by atoms with Gasteiger partial charge in [-0.1, -0.05) is 29.6 Å². The van der Waals surface area contributed by atoms with Gasteiger partial charge in [0.25, 0.3) is 11.4 Å². The van der Waals surface area contributed by atoms with Crippen LogP contribution in [0.4, 0.5) is 18.9 Å². The van der Waals surface area contributed by atoms with E-state index >= 15 is 0 Å². The van der Waals surface area contributed by atoms with Crippen molar-refractivity contribution in [3.05, 3.63) is 47.5 Å². The minimum absolute atomic E-state index is 0.0695. The van der Waals surface area contributed by atoms with Crippen molar-refractivity contribution in [2.75, 3.05) is 11.9 Å². The molecule has 0 fully saturated rings. The molecule has 11 heteroatoms. The quantitative estimate of drug-likeness (QED) is 0.408. The Morgan fingerprint density at radius 2 is 2.03 bits per heavy atom. The maximum absolute atomic E-state index is 13.4. The second-order valence-corrected chi connectivity index (χ2v) is 7.10. The molecule has 1 heterocycles. The number of thiocarbonyl (C=S) groups is 1. The van der Waals surface area contributed by atoms with Crippen molar-refractivity contribution < 1.29 is 32.5 Å². The van der Waals surface area contributed by atoms with Gasteiger partial charge in [-0.25, -0.2) is 0 Å². The highest BCUT2D eigenvalue weighted by Gasteiger charge is 2.34. The molecule has 3 rings (SSSR count). The summed E-state index contributed by atoms with van der Waals surface area (Å²) in [5, 5.41) is 11.1. The number of carbonyl (C=O) groups is 1. The molecule has 0 radical (unpaired) electrons. The first kappa shape index (κ1) is 22.5. The molecule has 1 aromatic heterocycles. The highest BCUT2D eigenvalue weighted by Crippen LogP contribution is 2.38. The van der Waals surface area contributed by atoms with Gasteiger partial charge in [0.2, 0.25) is 5.52 Å². The molecule has 0 saturated heterocycles. The predicted molar refractivity (Wildman–Crippen MR) is 111 cm³/mol. The maximum atomic E-state index is 13.4. The van der Waals surface area contributed by atoms with E-state index in [-0.39, 0.29) is 28.7 Å². The summed E-state index contributed by atoms with van der Waals surface area (Å²) in [7, 11) is 0. The van der Waals surface area contributed by atoms with E-state index in [4.69, 9.17) is 21.6 Å². The second kappa shape index (κ2) is 9.73. The summed E-state index contributed by atoms with van der Waals surface area (Å²) in [6.07, 6.45) is -2.13. The first-order valence-corrected chi connectivity index (χ1v) is 9.92. The first-order chi connectivity index (χ1) is 14.8. The fourth-order valence-electron chi connectivity index (χ4n) is 2.78. The SMILES string of the molecule is CCCCCOc1ccc(NC(=S)NC(=O)c2ccc3[nH+]onc3c2)cc1C(F)(F)F. The fraction of sp³-hybridized carbons (Fsp3) is 0.300. The zero-order valence-corrected chi connectivity index (χ0v) is 17.3. The Morgan fingerprint density at radius 3 is 2.77 bits per heavy atom. The number of hydrogen-bond acceptors (Lipinski definition) is 5. The number of carbonyl (C=O) groups excluding carboxylic acids is 1. The number of hydrogen-bond donors (Lipinski definition) is 2. The zero-order valence-electron chi connectivity index (χ0n) is 16.5. The van der Waals surface area contributed by atoms with Crippen molar-refractivity contribution >= 4 is 40.0 Å². The Kier molecular flexibility index (Phi) is 7.06. The Morgan fingerprint density at radius 1 is 1.23 bits per heavy atom. The number of ether oxygens (including phenoxy) is 1. The van der Waals surface area contributed by atoms with Crippen LogP contribution in [0.25, 0.3) is 11.0 Å². The van der Waals surface area contributed by atoms with Crippen molar-refractivity contribution in [3.63, 3.8) is 0 Å². The van der Waals surface area contributed by atoms with Gasteiger partial charge in [-0.2, -0.15) is 13.2 Å². The van der Waals surface area contributed by atoms with Crippen molar-refractivity contribution in [1.29, 1.82) is 0 Å². The van der Waals surface area contributed by atoms with Crippen molar-refractivity contribution in [3.8, 4) is 5.75 Å². The van der Waals surface area contributed by atoms with Crippen molar-refractivity contribution in [2.45, 2.75) is 32.4 Å². The lowest BCUT2D eigenvalue weighted by Gasteiger charge is -2.16. The summed E-state index contributed by atoms with van der Waals surface area (Å²) in [6.45, 7) is 2.19. The van der Waals surface area contributed by atoms with Gasteiger partial charge >= 0.3 is 6.18 Å². The minimum Gasteiger partial charge on any atom is -0.493 e. The average molecular weight is 453 g/mol. The standard InChI is InChI=1S/C20H19F3N4O3S/c1-2-3-4-9-29-17-8-6-13(11-14(17)20(21,22)23)24-19(31)25-18(28)12-5-7-15-16(10-12)27-30-26-15/h5-8,10-11H,2-4,9H2,1H3,(H2,24,25,28,31)/p+1. The number of nitrogens with zero attached hydrogens (tertiary/aromatic N) is 1. The lowest BCUT2D eigenvalue weighted by atomic mass is 10.1. The predicted octanol–water partition coefficient (Wildman–Crippen LogP) is 4.36. The van der Waals surface area contributed by atoms with E-state index in [0.29, 0.717) is 17.5 Å². The van der Waals surface area contributed by atoms with E-state index in [1.165, 1.54) is 24.3 Å². The summed E-state index contributed by atoms with van der Waals surface area (Å²) in [5.41, 5.74) is 0.450. The van der Waals surface area contributed by atoms with Gasteiger partial charge in [0, 0.05) is 17.3 Å². The number of nitrogens with one attached hydrogen (secondary N) is 3. The molecular weight excluding hydrogens is 433 g/mol. The number of alkyl halides is 3. The van der Waals surface area contributed by atoms with E-state index in [2.05, 4.69) is 20.9 Å². The van der Waals surface area contributed by atoms with E-state index in [9.17, 15) is 18.0 Å². The Labute approximate surface area is 180 Å². The molecule has 0 spiro atoms. The lowest BCUT2D eigenvalue weighted by molar-refractivity contribution is -0.601. The normalized spacial score (nSPS) is 11.4. The number of fused-ring (bicyclic) bond motifs is 1. The summed E-state index contributed by atoms with van der Waals surface area (Å²) in [4.78, 5) is 12.4. The van der Waals surface area contributed by atoms with Crippen LogP contribution in [0.3, 0.4) is 0 Å². The van der Waals surface area contributed by atoms with Gasteiger partial charge in [-0.15, -0.1) is 0 Å². The molecule has 0 saturated carbocycles. The maximum Gasteiger partial charge on any atom is 0.420 e. The minimum atomic E-state index is -4.60. The molecule has 0 aliphatic heterocycles. The summed E-state index contributed by atoms with van der Waals surface area (Å²) >= 11 is 5.06. The topological polar surface area (TPSA) is 90.5 Å². The van der Waals surface area contributed by atoms with Crippen molar-refractivity contribution in [1.82, 2.24) is 10.5 Å². The van der Waals surface area contributed by atoms with Crippen LogP contribution < -0.4 is 20.5 Å². The molecule has 31 heavy (non-hydrogen) atoms. The first-order valence-electron chi connectivity index (χ1n) is 9.51. The lowest BCUT2D eigenvalue weighted by Crippen LogP contribution is -2.34. The summed E-state index contributed by atoms with van der Waals surface area (Å²) < 4.78 is 50.3. The van der Waals surface area contributed by atoms with Gasteiger partial charge in [0.1, 0.15) is 5.75 Å².